The van der Waals surface area contributed by atoms with Gasteiger partial charge in [0.15, 0.2) is 0 Å². The van der Waals surface area contributed by atoms with Crippen molar-refractivity contribution >= 4 is 28.6 Å². The van der Waals surface area contributed by atoms with Gasteiger partial charge >= 0.3 is 12.1 Å². The van der Waals surface area contributed by atoms with E-state index in [1.807, 2.05) is 0 Å². The minimum Gasteiger partial charge on any atom is -0.481 e. The fraction of sp³-hybridized carbons (Fsp3) is 0.250. The molecule has 0 aliphatic carbocycles. The van der Waals surface area contributed by atoms with Crippen LogP contribution in [-0.2, 0) is 17.4 Å². The fourth-order valence-electron chi connectivity index (χ4n) is 0.972. The van der Waals surface area contributed by atoms with Crippen LogP contribution in [0, 0.1) is 3.57 Å². The van der Waals surface area contributed by atoms with Crippen molar-refractivity contribution in [2.24, 2.45) is 0 Å². The van der Waals surface area contributed by atoms with Crippen LogP contribution in [0.4, 0.5) is 13.2 Å². The van der Waals surface area contributed by atoms with Crippen molar-refractivity contribution in [2.75, 3.05) is 0 Å². The van der Waals surface area contributed by atoms with E-state index >= 15 is 0 Å². The number of hydrogen-bond donors (Lipinski definition) is 1. The van der Waals surface area contributed by atoms with Gasteiger partial charge in [-0.15, -0.1) is 0 Å². The molecule has 0 aromatic carbocycles. The van der Waals surface area contributed by atoms with E-state index in [2.05, 4.69) is 4.98 Å². The third-order valence-corrected chi connectivity index (χ3v) is 2.79. The summed E-state index contributed by atoms with van der Waals surface area (Å²) in [7, 11) is 0. The number of alkyl halides is 3. The molecule has 1 heterocycles. The quantitative estimate of drug-likeness (QED) is 0.847. The summed E-state index contributed by atoms with van der Waals surface area (Å²) in [4.78, 5) is 14.0. The number of pyridine rings is 1. The Morgan fingerprint density at radius 3 is 2.60 bits per heavy atom. The molecule has 82 valence electrons. The lowest BCUT2D eigenvalue weighted by Crippen LogP contribution is -2.12. The predicted octanol–water partition coefficient (Wildman–Crippen LogP) is 2.33. The Kier molecular flexibility index (Phi) is 3.53. The zero-order valence-corrected chi connectivity index (χ0v) is 9.33. The number of carbonyl (C=O) groups is 1. The van der Waals surface area contributed by atoms with Gasteiger partial charge in [-0.2, -0.15) is 13.2 Å². The van der Waals surface area contributed by atoms with Crippen LogP contribution >= 0.6 is 22.6 Å². The summed E-state index contributed by atoms with van der Waals surface area (Å²) in [6.45, 7) is 0. The van der Waals surface area contributed by atoms with Gasteiger partial charge in [-0.1, -0.05) is 0 Å². The lowest BCUT2D eigenvalue weighted by Gasteiger charge is -2.10. The van der Waals surface area contributed by atoms with Crippen molar-refractivity contribution in [2.45, 2.75) is 12.6 Å². The molecule has 0 saturated carbocycles. The summed E-state index contributed by atoms with van der Waals surface area (Å²) in [5.74, 6) is -1.21. The van der Waals surface area contributed by atoms with Gasteiger partial charge < -0.3 is 5.11 Å². The molecule has 1 aromatic rings. The average molecular weight is 331 g/mol. The third kappa shape index (κ3) is 3.05. The highest BCUT2D eigenvalue weighted by Gasteiger charge is 2.34. The number of aromatic nitrogens is 1. The molecule has 1 N–H and O–H groups in total. The average Bonchev–Trinajstić information content (AvgIpc) is 2.05. The first-order valence-electron chi connectivity index (χ1n) is 3.74. The number of rotatable bonds is 2. The van der Waals surface area contributed by atoms with Crippen molar-refractivity contribution in [1.82, 2.24) is 4.98 Å². The molecule has 0 aliphatic rings. The number of carboxylic acids is 1. The summed E-state index contributed by atoms with van der Waals surface area (Å²) in [6, 6.07) is 0.827. The molecule has 0 spiro atoms. The Bertz CT molecular complexity index is 392. The number of nitrogens with zero attached hydrogens (tertiary/aromatic N) is 1. The second-order valence-electron chi connectivity index (χ2n) is 2.69. The lowest BCUT2D eigenvalue weighted by atomic mass is 10.2. The summed E-state index contributed by atoms with van der Waals surface area (Å²) in [6.07, 6.45) is -4.03. The van der Waals surface area contributed by atoms with Gasteiger partial charge in [-0.05, 0) is 28.7 Å². The second-order valence-corrected chi connectivity index (χ2v) is 3.77. The Hall–Kier alpha value is -0.860. The van der Waals surface area contributed by atoms with E-state index in [9.17, 15) is 18.0 Å². The molecule has 0 saturated heterocycles. The van der Waals surface area contributed by atoms with Gasteiger partial charge in [0, 0.05) is 9.77 Å². The topological polar surface area (TPSA) is 50.2 Å². The summed E-state index contributed by atoms with van der Waals surface area (Å²) < 4.78 is 37.0. The smallest absolute Gasteiger partial charge is 0.417 e. The van der Waals surface area contributed by atoms with Crippen LogP contribution in [0.25, 0.3) is 0 Å². The molecule has 3 nitrogen and oxygen atoms in total. The number of carboxylic acid groups (broad SMARTS) is 1. The Labute approximate surface area is 96.5 Å². The molecule has 0 aliphatic heterocycles. The normalized spacial score (nSPS) is 11.5. The van der Waals surface area contributed by atoms with Gasteiger partial charge in [-0.3, -0.25) is 9.78 Å². The molecule has 0 atom stereocenters. The van der Waals surface area contributed by atoms with E-state index in [0.29, 0.717) is 0 Å². The molecular formula is C8H5F3INO2. The first-order valence-corrected chi connectivity index (χ1v) is 4.82. The Morgan fingerprint density at radius 2 is 2.13 bits per heavy atom. The monoisotopic (exact) mass is 331 g/mol. The predicted molar refractivity (Wildman–Crippen MR) is 53.3 cm³/mol. The molecule has 0 bridgehead atoms. The molecule has 0 unspecified atom stereocenters. The van der Waals surface area contributed by atoms with E-state index in [1.165, 1.54) is 22.6 Å². The number of halogens is 4. The van der Waals surface area contributed by atoms with Crippen molar-refractivity contribution in [3.63, 3.8) is 0 Å². The van der Waals surface area contributed by atoms with Crippen LogP contribution in [0.2, 0.25) is 0 Å². The number of aliphatic carboxylic acids is 1. The minimum absolute atomic E-state index is 0.0714. The molecular weight excluding hydrogens is 326 g/mol. The molecule has 1 rings (SSSR count). The molecule has 0 radical (unpaired) electrons. The molecule has 0 amide bonds. The minimum atomic E-state index is -4.48. The van der Waals surface area contributed by atoms with Crippen molar-refractivity contribution in [3.05, 3.63) is 27.1 Å². The lowest BCUT2D eigenvalue weighted by molar-refractivity contribution is -0.139. The van der Waals surface area contributed by atoms with Gasteiger partial charge in [-0.25, -0.2) is 0 Å². The van der Waals surface area contributed by atoms with Gasteiger partial charge in [0.25, 0.3) is 0 Å². The first kappa shape index (κ1) is 12.2. The zero-order valence-electron chi connectivity index (χ0n) is 7.18. The molecule has 7 heteroatoms. The van der Waals surface area contributed by atoms with E-state index in [1.54, 1.807) is 0 Å². The maximum Gasteiger partial charge on any atom is 0.417 e. The SMILES string of the molecule is O=C(O)Cc1nccc(C(F)(F)F)c1I. The van der Waals surface area contributed by atoms with Crippen LogP contribution in [0.3, 0.4) is 0 Å². The van der Waals surface area contributed by atoms with E-state index in [4.69, 9.17) is 5.11 Å². The van der Waals surface area contributed by atoms with Crippen LogP contribution in [0.5, 0.6) is 0 Å². The second kappa shape index (κ2) is 4.33. The Balaban J connectivity index is 3.17. The zero-order chi connectivity index (χ0) is 11.6. The standard InChI is InChI=1S/C8H5F3INO2/c9-8(10,11)4-1-2-13-5(7(4)12)3-6(14)15/h1-2H,3H2,(H,14,15). The van der Waals surface area contributed by atoms with Gasteiger partial charge in [0.05, 0.1) is 17.7 Å². The van der Waals surface area contributed by atoms with Crippen molar-refractivity contribution < 1.29 is 23.1 Å². The third-order valence-electron chi connectivity index (χ3n) is 1.59. The van der Waals surface area contributed by atoms with Gasteiger partial charge in [0.1, 0.15) is 0 Å². The molecule has 15 heavy (non-hydrogen) atoms. The maximum absolute atomic E-state index is 12.4. The highest BCUT2D eigenvalue weighted by Crippen LogP contribution is 2.33. The first-order chi connectivity index (χ1) is 6.82. The van der Waals surface area contributed by atoms with Gasteiger partial charge in [0.2, 0.25) is 0 Å². The van der Waals surface area contributed by atoms with Crippen LogP contribution < -0.4 is 0 Å². The summed E-state index contributed by atoms with van der Waals surface area (Å²) in [5, 5.41) is 8.46. The molecule has 1 aromatic heterocycles. The van der Waals surface area contributed by atoms with E-state index in [-0.39, 0.29) is 9.26 Å². The fourth-order valence-corrected chi connectivity index (χ4v) is 1.79. The van der Waals surface area contributed by atoms with Crippen molar-refractivity contribution in [3.8, 4) is 0 Å². The highest BCUT2D eigenvalue weighted by molar-refractivity contribution is 14.1. The summed E-state index contributed by atoms with van der Waals surface area (Å²) in [5.41, 5.74) is -0.924. The number of hydrogen-bond acceptors (Lipinski definition) is 2. The van der Waals surface area contributed by atoms with Crippen LogP contribution in [0.15, 0.2) is 12.3 Å². The highest BCUT2D eigenvalue weighted by atomic mass is 127. The van der Waals surface area contributed by atoms with E-state index in [0.717, 1.165) is 12.3 Å². The molecule has 0 fully saturated rings. The maximum atomic E-state index is 12.4. The largest absolute Gasteiger partial charge is 0.481 e. The van der Waals surface area contributed by atoms with E-state index < -0.39 is 24.1 Å². The summed E-state index contributed by atoms with van der Waals surface area (Å²) >= 11 is 1.45. The van der Waals surface area contributed by atoms with Crippen LogP contribution in [-0.4, -0.2) is 16.1 Å². The van der Waals surface area contributed by atoms with Crippen LogP contribution in [0.1, 0.15) is 11.3 Å². The Morgan fingerprint density at radius 1 is 1.53 bits per heavy atom. The van der Waals surface area contributed by atoms with Crippen molar-refractivity contribution in [1.29, 1.82) is 0 Å².